The van der Waals surface area contributed by atoms with E-state index in [1.165, 1.54) is 0 Å². The van der Waals surface area contributed by atoms with Gasteiger partial charge in [0.15, 0.2) is 5.82 Å². The number of halogens is 1. The summed E-state index contributed by atoms with van der Waals surface area (Å²) in [5, 5.41) is 9.68. The second kappa shape index (κ2) is 5.45. The highest BCUT2D eigenvalue weighted by atomic mass is 19.1. The topological polar surface area (TPSA) is 84.9 Å². The van der Waals surface area contributed by atoms with Crippen LogP contribution in [-0.4, -0.2) is 25.7 Å². The second-order valence-electron chi connectivity index (χ2n) is 5.78. The van der Waals surface area contributed by atoms with Crippen LogP contribution in [0.2, 0.25) is 0 Å². The molecule has 0 spiro atoms. The number of nitrogen functional groups attached to an aromatic ring is 1. The highest BCUT2D eigenvalue weighted by Crippen LogP contribution is 2.33. The number of pyridine rings is 1. The number of nitrogens with zero attached hydrogens (tertiary/aromatic N) is 3. The molecule has 2 aromatic heterocycles. The van der Waals surface area contributed by atoms with Crippen LogP contribution in [0.1, 0.15) is 36.4 Å². The van der Waals surface area contributed by atoms with E-state index in [1.807, 2.05) is 6.08 Å². The maximum absolute atomic E-state index is 14.0. The number of nitrogens with two attached hydrogens (primary N) is 1. The van der Waals surface area contributed by atoms with Crippen molar-refractivity contribution < 1.29 is 9.50 Å². The van der Waals surface area contributed by atoms with Crippen LogP contribution in [0.5, 0.6) is 0 Å². The smallest absolute Gasteiger partial charge is 0.220 e. The zero-order chi connectivity index (χ0) is 16.6. The summed E-state index contributed by atoms with van der Waals surface area (Å²) in [6, 6.07) is 1.77. The standard InChI is InChI=1S/C17H15FN4O/c1-17(2,23)6-5-11-7-13-10(8-20-11)3-4-12(13)15-14(18)9-21-16(19)22-15/h4,7-9,23H,3H2,1-2H3,(H2,19,21,22). The largest absolute Gasteiger partial charge is 0.378 e. The zero-order valence-corrected chi connectivity index (χ0v) is 12.8. The van der Waals surface area contributed by atoms with E-state index in [0.29, 0.717) is 17.7 Å². The summed E-state index contributed by atoms with van der Waals surface area (Å²) < 4.78 is 14.0. The molecule has 0 bridgehead atoms. The lowest BCUT2D eigenvalue weighted by Gasteiger charge is -2.08. The molecule has 5 nitrogen and oxygen atoms in total. The monoisotopic (exact) mass is 310 g/mol. The van der Waals surface area contributed by atoms with Crippen molar-refractivity contribution in [3.05, 3.63) is 52.9 Å². The minimum atomic E-state index is -1.10. The van der Waals surface area contributed by atoms with Crippen LogP contribution in [-0.2, 0) is 6.42 Å². The summed E-state index contributed by atoms with van der Waals surface area (Å²) in [6.07, 6.45) is 5.28. The number of aliphatic hydroxyl groups is 1. The lowest BCUT2D eigenvalue weighted by atomic mass is 10.0. The van der Waals surface area contributed by atoms with E-state index < -0.39 is 11.4 Å². The van der Waals surface area contributed by atoms with Gasteiger partial charge in [0.1, 0.15) is 17.0 Å². The van der Waals surface area contributed by atoms with Crippen molar-refractivity contribution in [2.75, 3.05) is 5.73 Å². The maximum Gasteiger partial charge on any atom is 0.220 e. The summed E-state index contributed by atoms with van der Waals surface area (Å²) >= 11 is 0. The van der Waals surface area contributed by atoms with Crippen LogP contribution in [0.15, 0.2) is 24.5 Å². The Morgan fingerprint density at radius 3 is 2.83 bits per heavy atom. The SMILES string of the molecule is CC(C)(O)C#Cc1cc2c(cn1)CC=C2c1nc(N)ncc1F. The van der Waals surface area contributed by atoms with E-state index in [9.17, 15) is 9.50 Å². The minimum absolute atomic E-state index is 0.0202. The molecule has 0 aliphatic heterocycles. The van der Waals surface area contributed by atoms with Crippen LogP contribution in [0, 0.1) is 17.7 Å². The van der Waals surface area contributed by atoms with Gasteiger partial charge in [-0.05, 0) is 43.4 Å². The van der Waals surface area contributed by atoms with Crippen molar-refractivity contribution in [2.24, 2.45) is 0 Å². The molecule has 0 fully saturated rings. The van der Waals surface area contributed by atoms with Gasteiger partial charge >= 0.3 is 0 Å². The Hall–Kier alpha value is -2.78. The van der Waals surface area contributed by atoms with Crippen molar-refractivity contribution in [1.29, 1.82) is 0 Å². The molecular formula is C17H15FN4O. The average molecular weight is 310 g/mol. The molecular weight excluding hydrogens is 295 g/mol. The van der Waals surface area contributed by atoms with Crippen LogP contribution in [0.25, 0.3) is 5.57 Å². The van der Waals surface area contributed by atoms with Gasteiger partial charge < -0.3 is 10.8 Å². The van der Waals surface area contributed by atoms with E-state index in [2.05, 4.69) is 26.8 Å². The third-order valence-electron chi connectivity index (χ3n) is 3.32. The first kappa shape index (κ1) is 15.1. The molecule has 0 atom stereocenters. The first-order valence-electron chi connectivity index (χ1n) is 7.07. The van der Waals surface area contributed by atoms with Gasteiger partial charge in [-0.15, -0.1) is 0 Å². The van der Waals surface area contributed by atoms with Crippen LogP contribution < -0.4 is 5.73 Å². The maximum atomic E-state index is 14.0. The number of anilines is 1. The Labute approximate surface area is 133 Å². The lowest BCUT2D eigenvalue weighted by Crippen LogP contribution is -2.14. The first-order chi connectivity index (χ1) is 10.8. The third kappa shape index (κ3) is 3.20. The van der Waals surface area contributed by atoms with Crippen molar-refractivity contribution in [3.63, 3.8) is 0 Å². The summed E-state index contributed by atoms with van der Waals surface area (Å²) in [6.45, 7) is 3.19. The Morgan fingerprint density at radius 1 is 1.30 bits per heavy atom. The van der Waals surface area contributed by atoms with Gasteiger partial charge in [-0.3, -0.25) is 0 Å². The Kier molecular flexibility index (Phi) is 3.58. The molecule has 3 rings (SSSR count). The Morgan fingerprint density at radius 2 is 2.09 bits per heavy atom. The van der Waals surface area contributed by atoms with Gasteiger partial charge in [0.25, 0.3) is 0 Å². The minimum Gasteiger partial charge on any atom is -0.378 e. The summed E-state index contributed by atoms with van der Waals surface area (Å²) in [4.78, 5) is 11.9. The van der Waals surface area contributed by atoms with E-state index in [0.717, 1.165) is 17.3 Å². The predicted octanol–water partition coefficient (Wildman–Crippen LogP) is 1.70. The van der Waals surface area contributed by atoms with Gasteiger partial charge in [0, 0.05) is 11.8 Å². The molecule has 1 aliphatic carbocycles. The first-order valence-corrected chi connectivity index (χ1v) is 7.07. The molecule has 23 heavy (non-hydrogen) atoms. The van der Waals surface area contributed by atoms with Gasteiger partial charge in [0.2, 0.25) is 5.95 Å². The molecule has 0 radical (unpaired) electrons. The van der Waals surface area contributed by atoms with Gasteiger partial charge in [-0.1, -0.05) is 12.0 Å². The van der Waals surface area contributed by atoms with E-state index >= 15 is 0 Å². The number of aromatic nitrogens is 3. The molecule has 0 amide bonds. The van der Waals surface area contributed by atoms with E-state index in [4.69, 9.17) is 5.73 Å². The molecule has 116 valence electrons. The molecule has 0 aromatic carbocycles. The number of hydrogen-bond donors (Lipinski definition) is 2. The molecule has 1 aliphatic rings. The number of fused-ring (bicyclic) bond motifs is 1. The van der Waals surface area contributed by atoms with Crippen molar-refractivity contribution in [3.8, 4) is 11.8 Å². The summed E-state index contributed by atoms with van der Waals surface area (Å²) in [5.41, 5.74) is 7.56. The second-order valence-corrected chi connectivity index (χ2v) is 5.78. The highest BCUT2D eigenvalue weighted by Gasteiger charge is 2.21. The predicted molar refractivity (Wildman–Crippen MR) is 84.6 cm³/mol. The summed E-state index contributed by atoms with van der Waals surface area (Å²) in [7, 11) is 0. The van der Waals surface area contributed by atoms with Crippen LogP contribution in [0.3, 0.4) is 0 Å². The van der Waals surface area contributed by atoms with Gasteiger partial charge in [-0.25, -0.2) is 19.3 Å². The molecule has 0 saturated heterocycles. The normalized spacial score (nSPS) is 13.1. The number of hydrogen-bond acceptors (Lipinski definition) is 5. The third-order valence-corrected chi connectivity index (χ3v) is 3.32. The van der Waals surface area contributed by atoms with Crippen molar-refractivity contribution in [2.45, 2.75) is 25.9 Å². The Balaban J connectivity index is 2.04. The molecule has 0 unspecified atom stereocenters. The fourth-order valence-electron chi connectivity index (χ4n) is 2.30. The Bertz CT molecular complexity index is 872. The quantitative estimate of drug-likeness (QED) is 0.783. The fourth-order valence-corrected chi connectivity index (χ4v) is 2.30. The highest BCUT2D eigenvalue weighted by molar-refractivity contribution is 5.83. The molecule has 6 heteroatoms. The van der Waals surface area contributed by atoms with Crippen molar-refractivity contribution >= 4 is 11.5 Å². The van der Waals surface area contributed by atoms with Crippen LogP contribution in [0.4, 0.5) is 10.3 Å². The molecule has 3 N–H and O–H groups in total. The molecule has 2 heterocycles. The van der Waals surface area contributed by atoms with Crippen molar-refractivity contribution in [1.82, 2.24) is 15.0 Å². The van der Waals surface area contributed by atoms with Crippen LogP contribution >= 0.6 is 0 Å². The van der Waals surface area contributed by atoms with E-state index in [1.54, 1.807) is 26.1 Å². The molecule has 2 aromatic rings. The fraction of sp³-hybridized carbons (Fsp3) is 0.235. The van der Waals surface area contributed by atoms with E-state index in [-0.39, 0.29) is 11.6 Å². The molecule has 0 saturated carbocycles. The average Bonchev–Trinajstić information content (AvgIpc) is 2.90. The lowest BCUT2D eigenvalue weighted by molar-refractivity contribution is 0.143. The van der Waals surface area contributed by atoms with Gasteiger partial charge in [-0.2, -0.15) is 0 Å². The summed E-state index contributed by atoms with van der Waals surface area (Å²) in [5.74, 6) is 5.02. The zero-order valence-electron chi connectivity index (χ0n) is 12.8. The number of allylic oxidation sites excluding steroid dienone is 1. The van der Waals surface area contributed by atoms with Gasteiger partial charge in [0.05, 0.1) is 6.20 Å². The number of rotatable bonds is 1.